The van der Waals surface area contributed by atoms with Crippen LogP contribution in [0.1, 0.15) is 42.4 Å². The molecule has 0 radical (unpaired) electrons. The molecule has 1 N–H and O–H groups in total. The minimum atomic E-state index is -0.496. The first-order valence-corrected chi connectivity index (χ1v) is 11.3. The van der Waals surface area contributed by atoms with Crippen molar-refractivity contribution in [3.63, 3.8) is 0 Å². The number of benzene rings is 2. The standard InChI is InChI=1S/C26H28FN3O/c1-30-14-21-5-3-17(10-22(21)15-30)18-2-4-19(24(27)12-18)8-16(13-28)9-25(31)26-20-6-7-23(11-20)29-26/h2-5,10,12,16,20,23,26,29H,6-9,11,14-15H2,1H3/t16-,20+,23-,26+/m1/s1. The highest BCUT2D eigenvalue weighted by molar-refractivity contribution is 5.85. The van der Waals surface area contributed by atoms with Gasteiger partial charge >= 0.3 is 0 Å². The Morgan fingerprint density at radius 3 is 2.68 bits per heavy atom. The predicted molar refractivity (Wildman–Crippen MR) is 117 cm³/mol. The summed E-state index contributed by atoms with van der Waals surface area (Å²) in [7, 11) is 2.10. The molecule has 5 heteroatoms. The van der Waals surface area contributed by atoms with Gasteiger partial charge in [-0.25, -0.2) is 4.39 Å². The Balaban J connectivity index is 1.27. The third-order valence-corrected chi connectivity index (χ3v) is 7.28. The van der Waals surface area contributed by atoms with Crippen LogP contribution >= 0.6 is 0 Å². The number of hydrogen-bond donors (Lipinski definition) is 1. The summed E-state index contributed by atoms with van der Waals surface area (Å²) in [5.41, 5.74) is 4.98. The molecule has 2 heterocycles. The molecular formula is C26H28FN3O. The summed E-state index contributed by atoms with van der Waals surface area (Å²) in [6.07, 6.45) is 3.78. The highest BCUT2D eigenvalue weighted by Crippen LogP contribution is 2.36. The molecule has 2 aromatic carbocycles. The molecule has 0 aromatic heterocycles. The minimum absolute atomic E-state index is 0.110. The van der Waals surface area contributed by atoms with E-state index in [0.29, 0.717) is 17.5 Å². The number of fused-ring (bicyclic) bond motifs is 3. The number of Topliss-reactive ketones (excluding diaryl/α,β-unsaturated/α-hetero) is 1. The van der Waals surface area contributed by atoms with E-state index in [1.807, 2.05) is 12.1 Å². The predicted octanol–water partition coefficient (Wildman–Crippen LogP) is 4.22. The van der Waals surface area contributed by atoms with Crippen LogP contribution in [0.15, 0.2) is 36.4 Å². The van der Waals surface area contributed by atoms with Crippen LogP contribution in [0.3, 0.4) is 0 Å². The number of rotatable bonds is 6. The fourth-order valence-corrected chi connectivity index (χ4v) is 5.65. The van der Waals surface area contributed by atoms with Gasteiger partial charge in [0.15, 0.2) is 5.78 Å². The molecule has 5 rings (SSSR count). The summed E-state index contributed by atoms with van der Waals surface area (Å²) in [5.74, 6) is -0.274. The lowest BCUT2D eigenvalue weighted by Gasteiger charge is -2.22. The molecule has 160 valence electrons. The topological polar surface area (TPSA) is 56.1 Å². The fraction of sp³-hybridized carbons (Fsp3) is 0.462. The van der Waals surface area contributed by atoms with Crippen molar-refractivity contribution in [2.75, 3.05) is 7.05 Å². The molecule has 2 aromatic rings. The van der Waals surface area contributed by atoms with E-state index in [-0.39, 0.29) is 30.5 Å². The van der Waals surface area contributed by atoms with E-state index in [4.69, 9.17) is 0 Å². The second-order valence-corrected chi connectivity index (χ2v) is 9.58. The molecule has 0 amide bonds. The van der Waals surface area contributed by atoms with Crippen LogP contribution in [0.5, 0.6) is 0 Å². The second kappa shape index (κ2) is 8.18. The maximum absolute atomic E-state index is 14.9. The van der Waals surface area contributed by atoms with E-state index >= 15 is 0 Å². The van der Waals surface area contributed by atoms with Crippen LogP contribution in [0, 0.1) is 29.0 Å². The lowest BCUT2D eigenvalue weighted by atomic mass is 9.88. The summed E-state index contributed by atoms with van der Waals surface area (Å²) in [4.78, 5) is 15.0. The number of halogens is 1. The highest BCUT2D eigenvalue weighted by Gasteiger charge is 2.42. The van der Waals surface area contributed by atoms with Crippen molar-refractivity contribution in [2.45, 2.75) is 57.3 Å². The van der Waals surface area contributed by atoms with E-state index < -0.39 is 5.92 Å². The largest absolute Gasteiger partial charge is 0.304 e. The molecule has 2 bridgehead atoms. The van der Waals surface area contributed by atoms with Crippen molar-refractivity contribution >= 4 is 5.78 Å². The van der Waals surface area contributed by atoms with Crippen LogP contribution in [-0.4, -0.2) is 29.8 Å². The third-order valence-electron chi connectivity index (χ3n) is 7.28. The molecule has 1 saturated heterocycles. The van der Waals surface area contributed by atoms with Gasteiger partial charge in [-0.2, -0.15) is 5.26 Å². The van der Waals surface area contributed by atoms with Gasteiger partial charge in [0, 0.05) is 25.6 Å². The lowest BCUT2D eigenvalue weighted by Crippen LogP contribution is -2.42. The van der Waals surface area contributed by atoms with Crippen LogP contribution < -0.4 is 5.32 Å². The quantitative estimate of drug-likeness (QED) is 0.765. The van der Waals surface area contributed by atoms with Crippen molar-refractivity contribution in [1.82, 2.24) is 10.2 Å². The van der Waals surface area contributed by atoms with Gasteiger partial charge in [0.25, 0.3) is 0 Å². The molecular weight excluding hydrogens is 389 g/mol. The molecule has 1 saturated carbocycles. The molecule has 2 aliphatic heterocycles. The van der Waals surface area contributed by atoms with E-state index in [2.05, 4.69) is 35.5 Å². The zero-order valence-electron chi connectivity index (χ0n) is 17.9. The monoisotopic (exact) mass is 417 g/mol. The molecule has 3 aliphatic rings. The lowest BCUT2D eigenvalue weighted by molar-refractivity contribution is -0.122. The van der Waals surface area contributed by atoms with E-state index in [9.17, 15) is 14.4 Å². The van der Waals surface area contributed by atoms with Crippen molar-refractivity contribution in [2.24, 2.45) is 11.8 Å². The van der Waals surface area contributed by atoms with Crippen LogP contribution in [0.4, 0.5) is 4.39 Å². The molecule has 0 unspecified atom stereocenters. The summed E-state index contributed by atoms with van der Waals surface area (Å²) in [5, 5.41) is 13.0. The maximum atomic E-state index is 14.9. The summed E-state index contributed by atoms with van der Waals surface area (Å²) in [6, 6.07) is 14.2. The van der Waals surface area contributed by atoms with Gasteiger partial charge in [-0.05, 0) is 78.6 Å². The van der Waals surface area contributed by atoms with Gasteiger partial charge in [0.05, 0.1) is 18.0 Å². The maximum Gasteiger partial charge on any atom is 0.151 e. The van der Waals surface area contributed by atoms with E-state index in [1.54, 1.807) is 12.1 Å². The van der Waals surface area contributed by atoms with Crippen molar-refractivity contribution in [3.8, 4) is 17.2 Å². The number of carbonyl (C=O) groups is 1. The van der Waals surface area contributed by atoms with Crippen molar-refractivity contribution in [1.29, 1.82) is 5.26 Å². The van der Waals surface area contributed by atoms with Gasteiger partial charge < -0.3 is 5.32 Å². The van der Waals surface area contributed by atoms with Crippen molar-refractivity contribution in [3.05, 3.63) is 58.9 Å². The van der Waals surface area contributed by atoms with Gasteiger partial charge in [0.2, 0.25) is 0 Å². The molecule has 31 heavy (non-hydrogen) atoms. The Kier molecular flexibility index (Phi) is 5.37. The first kappa shape index (κ1) is 20.4. The normalized spacial score (nSPS) is 25.4. The molecule has 4 atom stereocenters. The molecule has 0 spiro atoms. The number of ketones is 1. The average molecular weight is 418 g/mol. The van der Waals surface area contributed by atoms with Crippen LogP contribution in [0.2, 0.25) is 0 Å². The zero-order valence-corrected chi connectivity index (χ0v) is 17.9. The second-order valence-electron chi connectivity index (χ2n) is 9.58. The van der Waals surface area contributed by atoms with Gasteiger partial charge in [0.1, 0.15) is 5.82 Å². The summed E-state index contributed by atoms with van der Waals surface area (Å²) >= 11 is 0. The number of nitrogens with zero attached hydrogens (tertiary/aromatic N) is 2. The summed E-state index contributed by atoms with van der Waals surface area (Å²) in [6.45, 7) is 1.87. The number of hydrogen-bond acceptors (Lipinski definition) is 4. The Morgan fingerprint density at radius 2 is 1.97 bits per heavy atom. The van der Waals surface area contributed by atoms with E-state index in [1.165, 1.54) is 11.1 Å². The Labute approximate surface area is 183 Å². The Hall–Kier alpha value is -2.55. The Bertz CT molecular complexity index is 1060. The average Bonchev–Trinajstić information content (AvgIpc) is 3.48. The minimum Gasteiger partial charge on any atom is -0.304 e. The smallest absolute Gasteiger partial charge is 0.151 e. The van der Waals surface area contributed by atoms with Gasteiger partial charge in [-0.1, -0.05) is 24.3 Å². The third kappa shape index (κ3) is 4.03. The van der Waals surface area contributed by atoms with E-state index in [0.717, 1.165) is 43.5 Å². The zero-order chi connectivity index (χ0) is 21.5. The van der Waals surface area contributed by atoms with Gasteiger partial charge in [-0.15, -0.1) is 0 Å². The molecule has 2 fully saturated rings. The first-order chi connectivity index (χ1) is 15.0. The molecule has 4 nitrogen and oxygen atoms in total. The number of piperidine rings is 1. The summed E-state index contributed by atoms with van der Waals surface area (Å²) < 4.78 is 14.9. The number of nitriles is 1. The number of nitrogens with one attached hydrogen (secondary N) is 1. The van der Waals surface area contributed by atoms with Crippen molar-refractivity contribution < 1.29 is 9.18 Å². The van der Waals surface area contributed by atoms with Crippen LogP contribution in [-0.2, 0) is 24.3 Å². The van der Waals surface area contributed by atoms with Crippen LogP contribution in [0.25, 0.3) is 11.1 Å². The molecule has 1 aliphatic carbocycles. The SMILES string of the molecule is CN1Cc2ccc(-c3ccc(C[C@@H](C#N)CC(=O)[C@H]4N[C@@H]5CC[C@H]4C5)c(F)c3)cc2C1. The van der Waals surface area contributed by atoms with Gasteiger partial charge in [-0.3, -0.25) is 9.69 Å². The Morgan fingerprint density at radius 1 is 1.19 bits per heavy atom. The number of carbonyl (C=O) groups excluding carboxylic acids is 1. The first-order valence-electron chi connectivity index (χ1n) is 11.3. The fourth-order valence-electron chi connectivity index (χ4n) is 5.65. The highest BCUT2D eigenvalue weighted by atomic mass is 19.1.